The lowest BCUT2D eigenvalue weighted by Crippen LogP contribution is -2.35. The van der Waals surface area contributed by atoms with Crippen molar-refractivity contribution in [3.05, 3.63) is 0 Å². The quantitative estimate of drug-likeness (QED) is 0.722. The molecule has 2 aliphatic rings. The summed E-state index contributed by atoms with van der Waals surface area (Å²) in [4.78, 5) is 2.67. The molecular formula is C12H24N2. The van der Waals surface area contributed by atoms with Crippen molar-refractivity contribution in [2.24, 2.45) is 5.92 Å². The van der Waals surface area contributed by atoms with E-state index >= 15 is 0 Å². The Morgan fingerprint density at radius 1 is 1.36 bits per heavy atom. The lowest BCUT2D eigenvalue weighted by molar-refractivity contribution is 0.315. The van der Waals surface area contributed by atoms with Crippen LogP contribution in [0.3, 0.4) is 0 Å². The molecule has 82 valence electrons. The van der Waals surface area contributed by atoms with E-state index < -0.39 is 0 Å². The maximum Gasteiger partial charge on any atom is 0.0207 e. The third-order valence-electron chi connectivity index (χ3n) is 3.73. The SMILES string of the molecule is CCC(C)CNC1CCN(C2CC2)C1. The van der Waals surface area contributed by atoms with Gasteiger partial charge in [-0.2, -0.15) is 0 Å². The molecule has 2 heteroatoms. The molecule has 1 aliphatic carbocycles. The zero-order valence-corrected chi connectivity index (χ0v) is 9.63. The molecule has 2 nitrogen and oxygen atoms in total. The van der Waals surface area contributed by atoms with Crippen molar-refractivity contribution in [1.29, 1.82) is 0 Å². The molecule has 2 rings (SSSR count). The molecule has 2 unspecified atom stereocenters. The molecule has 0 aromatic rings. The molecule has 1 saturated carbocycles. The standard InChI is InChI=1S/C12H24N2/c1-3-10(2)8-13-11-6-7-14(9-11)12-4-5-12/h10-13H,3-9H2,1-2H3. The van der Waals surface area contributed by atoms with Gasteiger partial charge in [-0.3, -0.25) is 4.90 Å². The number of likely N-dealkylation sites (tertiary alicyclic amines) is 1. The van der Waals surface area contributed by atoms with E-state index in [4.69, 9.17) is 0 Å². The summed E-state index contributed by atoms with van der Waals surface area (Å²) in [5.41, 5.74) is 0. The largest absolute Gasteiger partial charge is 0.312 e. The van der Waals surface area contributed by atoms with Crippen molar-refractivity contribution in [3.63, 3.8) is 0 Å². The Morgan fingerprint density at radius 2 is 2.14 bits per heavy atom. The molecular weight excluding hydrogens is 172 g/mol. The van der Waals surface area contributed by atoms with E-state index in [1.807, 2.05) is 0 Å². The smallest absolute Gasteiger partial charge is 0.0207 e. The van der Waals surface area contributed by atoms with Crippen LogP contribution >= 0.6 is 0 Å². The highest BCUT2D eigenvalue weighted by molar-refractivity contribution is 4.91. The Balaban J connectivity index is 1.63. The Kier molecular flexibility index (Phi) is 3.45. The number of nitrogens with zero attached hydrogens (tertiary/aromatic N) is 1. The van der Waals surface area contributed by atoms with Gasteiger partial charge in [-0.05, 0) is 31.7 Å². The van der Waals surface area contributed by atoms with Crippen LogP contribution in [0.5, 0.6) is 0 Å². The Labute approximate surface area is 88.1 Å². The first-order valence-electron chi connectivity index (χ1n) is 6.27. The topological polar surface area (TPSA) is 15.3 Å². The lowest BCUT2D eigenvalue weighted by atomic mass is 10.1. The Hall–Kier alpha value is -0.0800. The van der Waals surface area contributed by atoms with E-state index in [0.717, 1.165) is 18.0 Å². The maximum atomic E-state index is 3.70. The van der Waals surface area contributed by atoms with Crippen LogP contribution in [0.2, 0.25) is 0 Å². The second-order valence-electron chi connectivity index (χ2n) is 5.13. The highest BCUT2D eigenvalue weighted by Gasteiger charge is 2.33. The molecule has 1 heterocycles. The zero-order valence-electron chi connectivity index (χ0n) is 9.63. The Morgan fingerprint density at radius 3 is 2.79 bits per heavy atom. The van der Waals surface area contributed by atoms with Gasteiger partial charge in [-0.15, -0.1) is 0 Å². The van der Waals surface area contributed by atoms with Crippen molar-refractivity contribution < 1.29 is 0 Å². The van der Waals surface area contributed by atoms with Crippen LogP contribution in [0.1, 0.15) is 39.5 Å². The van der Waals surface area contributed by atoms with E-state index in [-0.39, 0.29) is 0 Å². The fourth-order valence-electron chi connectivity index (χ4n) is 2.24. The van der Waals surface area contributed by atoms with Crippen LogP contribution in [-0.2, 0) is 0 Å². The average molecular weight is 196 g/mol. The van der Waals surface area contributed by atoms with Gasteiger partial charge < -0.3 is 5.32 Å². The lowest BCUT2D eigenvalue weighted by Gasteiger charge is -2.17. The average Bonchev–Trinajstić information content (AvgIpc) is 2.95. The molecule has 0 amide bonds. The summed E-state index contributed by atoms with van der Waals surface area (Å²) in [6, 6.07) is 1.75. The van der Waals surface area contributed by atoms with E-state index in [2.05, 4.69) is 24.1 Å². The summed E-state index contributed by atoms with van der Waals surface area (Å²) < 4.78 is 0. The molecule has 0 radical (unpaired) electrons. The van der Waals surface area contributed by atoms with Crippen molar-refractivity contribution in [2.75, 3.05) is 19.6 Å². The van der Waals surface area contributed by atoms with Gasteiger partial charge in [0.05, 0.1) is 0 Å². The van der Waals surface area contributed by atoms with Crippen molar-refractivity contribution in [1.82, 2.24) is 10.2 Å². The maximum absolute atomic E-state index is 3.70. The van der Waals surface area contributed by atoms with Crippen LogP contribution in [-0.4, -0.2) is 36.6 Å². The molecule has 0 aromatic heterocycles. The van der Waals surface area contributed by atoms with Crippen LogP contribution in [0.25, 0.3) is 0 Å². The summed E-state index contributed by atoms with van der Waals surface area (Å²) in [6.07, 6.45) is 5.58. The van der Waals surface area contributed by atoms with Gasteiger partial charge in [0.25, 0.3) is 0 Å². The third-order valence-corrected chi connectivity index (χ3v) is 3.73. The summed E-state index contributed by atoms with van der Waals surface area (Å²) in [6.45, 7) is 8.46. The second-order valence-corrected chi connectivity index (χ2v) is 5.13. The molecule has 14 heavy (non-hydrogen) atoms. The van der Waals surface area contributed by atoms with Crippen molar-refractivity contribution >= 4 is 0 Å². The summed E-state index contributed by atoms with van der Waals surface area (Å²) in [5.74, 6) is 0.838. The van der Waals surface area contributed by atoms with E-state index in [9.17, 15) is 0 Å². The monoisotopic (exact) mass is 196 g/mol. The fourth-order valence-corrected chi connectivity index (χ4v) is 2.24. The van der Waals surface area contributed by atoms with Crippen molar-refractivity contribution in [2.45, 2.75) is 51.6 Å². The van der Waals surface area contributed by atoms with E-state index in [1.54, 1.807) is 0 Å². The first-order valence-corrected chi connectivity index (χ1v) is 6.27. The second kappa shape index (κ2) is 4.63. The minimum Gasteiger partial charge on any atom is -0.312 e. The highest BCUT2D eigenvalue weighted by atomic mass is 15.2. The van der Waals surface area contributed by atoms with Gasteiger partial charge in [-0.25, -0.2) is 0 Å². The van der Waals surface area contributed by atoms with Gasteiger partial charge in [-0.1, -0.05) is 20.3 Å². The first kappa shape index (κ1) is 10.4. The molecule has 2 fully saturated rings. The number of hydrogen-bond acceptors (Lipinski definition) is 2. The van der Waals surface area contributed by atoms with Crippen LogP contribution in [0.15, 0.2) is 0 Å². The molecule has 0 aromatic carbocycles. The third kappa shape index (κ3) is 2.71. The minimum atomic E-state index is 0.782. The zero-order chi connectivity index (χ0) is 9.97. The number of rotatable bonds is 5. The molecule has 0 spiro atoms. The predicted octanol–water partition coefficient (Wildman–Crippen LogP) is 1.86. The van der Waals surface area contributed by atoms with E-state index in [0.29, 0.717) is 0 Å². The normalized spacial score (nSPS) is 30.9. The van der Waals surface area contributed by atoms with Gasteiger partial charge in [0.1, 0.15) is 0 Å². The van der Waals surface area contributed by atoms with Crippen LogP contribution in [0, 0.1) is 5.92 Å². The summed E-state index contributed by atoms with van der Waals surface area (Å²) in [7, 11) is 0. The summed E-state index contributed by atoms with van der Waals surface area (Å²) >= 11 is 0. The molecule has 1 aliphatic heterocycles. The Bertz CT molecular complexity index is 177. The molecule has 1 saturated heterocycles. The fraction of sp³-hybridized carbons (Fsp3) is 1.00. The minimum absolute atomic E-state index is 0.782. The van der Waals surface area contributed by atoms with Crippen LogP contribution in [0.4, 0.5) is 0 Å². The number of nitrogens with one attached hydrogen (secondary N) is 1. The van der Waals surface area contributed by atoms with Gasteiger partial charge >= 0.3 is 0 Å². The molecule has 2 atom stereocenters. The van der Waals surface area contributed by atoms with Gasteiger partial charge in [0.2, 0.25) is 0 Å². The molecule has 1 N–H and O–H groups in total. The summed E-state index contributed by atoms with van der Waals surface area (Å²) in [5, 5.41) is 3.70. The van der Waals surface area contributed by atoms with Crippen molar-refractivity contribution in [3.8, 4) is 0 Å². The van der Waals surface area contributed by atoms with E-state index in [1.165, 1.54) is 45.3 Å². The van der Waals surface area contributed by atoms with Gasteiger partial charge in [0, 0.05) is 25.2 Å². The predicted molar refractivity (Wildman–Crippen MR) is 60.5 cm³/mol. The van der Waals surface area contributed by atoms with Crippen LogP contribution < -0.4 is 5.32 Å². The van der Waals surface area contributed by atoms with Gasteiger partial charge in [0.15, 0.2) is 0 Å². The molecule has 0 bridgehead atoms. The first-order chi connectivity index (χ1) is 6.79. The highest BCUT2D eigenvalue weighted by Crippen LogP contribution is 2.29. The number of hydrogen-bond donors (Lipinski definition) is 1.